The normalized spacial score (nSPS) is 57.1. The molecule has 0 amide bonds. The summed E-state index contributed by atoms with van der Waals surface area (Å²) in [4.78, 5) is 0. The van der Waals surface area contributed by atoms with Crippen LogP contribution in [0.1, 0.15) is 95.4 Å². The molecule has 0 aromatic heterocycles. The summed E-state index contributed by atoms with van der Waals surface area (Å²) in [6, 6.07) is 0. The van der Waals surface area contributed by atoms with Gasteiger partial charge in [0.05, 0.1) is 43.2 Å². The first-order chi connectivity index (χ1) is 21.9. The van der Waals surface area contributed by atoms with E-state index in [9.17, 15) is 0 Å². The van der Waals surface area contributed by atoms with Crippen LogP contribution in [0, 0.1) is 71.0 Å². The second-order valence-electron chi connectivity index (χ2n) is 16.6. The number of fused-ring (bicyclic) bond motifs is 2. The Morgan fingerprint density at radius 1 is 0.500 bits per heavy atom. The third-order valence-corrected chi connectivity index (χ3v) is 14.5. The van der Waals surface area contributed by atoms with Crippen molar-refractivity contribution in [3.63, 3.8) is 0 Å². The maximum atomic E-state index is 6.85. The summed E-state index contributed by atoms with van der Waals surface area (Å²) in [5.41, 5.74) is 0. The van der Waals surface area contributed by atoms with Gasteiger partial charge in [0.1, 0.15) is 0 Å². The van der Waals surface area contributed by atoms with Gasteiger partial charge in [0.15, 0.2) is 25.2 Å². The molecule has 2 aliphatic carbocycles. The molecule has 266 valence electrons. The quantitative estimate of drug-likeness (QED) is 0.261. The SMILES string of the molecule is CC[C@@H]1C(C)O[C@@H](OC2C[C@@H]3C(C)[C@H](OC4C[C@@H]5C(CO[C@@H]6OC(C)[C@@H](C)[C@H](C)C6C)[C@H](OC)OC(C)[C@@H]45)OC(C)[C@@H]23)C(C)[C@H]1C. The molecule has 4 saturated heterocycles. The summed E-state index contributed by atoms with van der Waals surface area (Å²) in [5, 5.41) is 0. The van der Waals surface area contributed by atoms with Crippen LogP contribution in [0.5, 0.6) is 0 Å². The highest BCUT2D eigenvalue weighted by Crippen LogP contribution is 2.55. The van der Waals surface area contributed by atoms with Gasteiger partial charge in [-0.2, -0.15) is 0 Å². The van der Waals surface area contributed by atoms with Gasteiger partial charge in [0.25, 0.3) is 0 Å². The van der Waals surface area contributed by atoms with E-state index in [0.717, 1.165) is 19.3 Å². The second-order valence-corrected chi connectivity index (χ2v) is 16.6. The number of hydrogen-bond donors (Lipinski definition) is 0. The fourth-order valence-corrected chi connectivity index (χ4v) is 10.5. The van der Waals surface area contributed by atoms with Crippen LogP contribution in [0.25, 0.3) is 0 Å². The van der Waals surface area contributed by atoms with Crippen LogP contribution in [0.4, 0.5) is 0 Å². The average molecular weight is 651 g/mol. The van der Waals surface area contributed by atoms with Gasteiger partial charge in [0, 0.05) is 42.6 Å². The molecule has 0 radical (unpaired) electrons. The monoisotopic (exact) mass is 650 g/mol. The molecule has 0 N–H and O–H groups in total. The van der Waals surface area contributed by atoms with E-state index in [1.165, 1.54) is 0 Å². The van der Waals surface area contributed by atoms with Crippen molar-refractivity contribution in [1.82, 2.24) is 0 Å². The Bertz CT molecular complexity index is 1010. The molecule has 2 saturated carbocycles. The predicted molar refractivity (Wildman–Crippen MR) is 175 cm³/mol. The third kappa shape index (κ3) is 6.27. The van der Waals surface area contributed by atoms with Crippen molar-refractivity contribution in [2.45, 2.75) is 157 Å². The van der Waals surface area contributed by atoms with E-state index >= 15 is 0 Å². The molecule has 22 atom stereocenters. The van der Waals surface area contributed by atoms with Crippen LogP contribution in [0.15, 0.2) is 0 Å². The van der Waals surface area contributed by atoms with Crippen LogP contribution >= 0.6 is 0 Å². The molecule has 6 rings (SSSR count). The molecular formula is C38H66O8. The van der Waals surface area contributed by atoms with Gasteiger partial charge in [0.2, 0.25) is 0 Å². The zero-order chi connectivity index (χ0) is 33.2. The van der Waals surface area contributed by atoms with E-state index < -0.39 is 0 Å². The minimum absolute atomic E-state index is 0.0517. The molecule has 6 fully saturated rings. The first-order valence-electron chi connectivity index (χ1n) is 18.9. The standard InChI is InChI=1S/C38H66O8/c1-13-27-19(4)21(6)36(42-24(27)9)45-31-14-28-22(7)37(43-25(10)33(28)31)46-32-15-29-30(38(39-12)44-26(11)34(29)32)16-40-35-20(5)17(2)18(3)23(8)41-35/h17-38H,13-16H2,1-12H3/t17-,18-,19+,20?,21?,22?,23?,24?,25?,26?,27-,28+,29+,30?,31?,32?,33+,34+,35+,36-,37-,38+/m0/s1. The van der Waals surface area contributed by atoms with E-state index in [1.807, 2.05) is 0 Å². The summed E-state index contributed by atoms with van der Waals surface area (Å²) < 4.78 is 51.9. The maximum absolute atomic E-state index is 6.85. The Morgan fingerprint density at radius 2 is 1.02 bits per heavy atom. The predicted octanol–water partition coefficient (Wildman–Crippen LogP) is 7.13. The van der Waals surface area contributed by atoms with Crippen molar-refractivity contribution < 1.29 is 37.9 Å². The molecule has 8 heteroatoms. The van der Waals surface area contributed by atoms with Gasteiger partial charge in [-0.3, -0.25) is 0 Å². The zero-order valence-electron chi connectivity index (χ0n) is 30.8. The van der Waals surface area contributed by atoms with Crippen LogP contribution in [0.3, 0.4) is 0 Å². The van der Waals surface area contributed by atoms with Gasteiger partial charge < -0.3 is 37.9 Å². The molecule has 10 unspecified atom stereocenters. The lowest BCUT2D eigenvalue weighted by molar-refractivity contribution is -0.359. The summed E-state index contributed by atoms with van der Waals surface area (Å²) in [6.45, 7) is 25.4. The Morgan fingerprint density at radius 3 is 1.65 bits per heavy atom. The fourth-order valence-electron chi connectivity index (χ4n) is 10.5. The third-order valence-electron chi connectivity index (χ3n) is 14.5. The van der Waals surface area contributed by atoms with Crippen molar-refractivity contribution in [2.24, 2.45) is 71.0 Å². The number of hydrogen-bond acceptors (Lipinski definition) is 8. The molecule has 4 heterocycles. The van der Waals surface area contributed by atoms with Gasteiger partial charge in [-0.05, 0) is 76.0 Å². The molecule has 0 bridgehead atoms. The topological polar surface area (TPSA) is 73.8 Å². The van der Waals surface area contributed by atoms with Crippen molar-refractivity contribution in [1.29, 1.82) is 0 Å². The molecule has 8 nitrogen and oxygen atoms in total. The maximum Gasteiger partial charge on any atom is 0.162 e. The van der Waals surface area contributed by atoms with Crippen LogP contribution < -0.4 is 0 Å². The molecular weight excluding hydrogens is 584 g/mol. The highest BCUT2D eigenvalue weighted by atomic mass is 16.7. The summed E-state index contributed by atoms with van der Waals surface area (Å²) in [6.07, 6.45) is 3.22. The smallest absolute Gasteiger partial charge is 0.162 e. The largest absolute Gasteiger partial charge is 0.355 e. The Kier molecular flexibility index (Phi) is 10.9. The van der Waals surface area contributed by atoms with Crippen molar-refractivity contribution in [3.8, 4) is 0 Å². The summed E-state index contributed by atoms with van der Waals surface area (Å²) in [7, 11) is 1.75. The molecule has 46 heavy (non-hydrogen) atoms. The highest BCUT2D eigenvalue weighted by molar-refractivity contribution is 5.04. The van der Waals surface area contributed by atoms with Crippen molar-refractivity contribution in [2.75, 3.05) is 13.7 Å². The van der Waals surface area contributed by atoms with Gasteiger partial charge in [-0.25, -0.2) is 0 Å². The molecule has 4 aliphatic heterocycles. The molecule has 6 aliphatic rings. The Hall–Kier alpha value is -0.320. The Labute approximate surface area is 279 Å². The Balaban J connectivity index is 1.03. The van der Waals surface area contributed by atoms with Crippen LogP contribution in [0.2, 0.25) is 0 Å². The van der Waals surface area contributed by atoms with Gasteiger partial charge >= 0.3 is 0 Å². The number of rotatable bonds is 9. The lowest BCUT2D eigenvalue weighted by atomic mass is 9.60. The van der Waals surface area contributed by atoms with E-state index in [2.05, 4.69) is 76.2 Å². The minimum atomic E-state index is -0.280. The number of ether oxygens (including phenoxy) is 8. The van der Waals surface area contributed by atoms with E-state index in [4.69, 9.17) is 37.9 Å². The highest BCUT2D eigenvalue weighted by Gasteiger charge is 2.59. The average Bonchev–Trinajstić information content (AvgIpc) is 2.99. The van der Waals surface area contributed by atoms with Crippen LogP contribution in [-0.2, 0) is 37.9 Å². The first-order valence-corrected chi connectivity index (χ1v) is 18.9. The first kappa shape index (κ1) is 35.5. The lowest BCUT2D eigenvalue weighted by Crippen LogP contribution is -2.64. The summed E-state index contributed by atoms with van der Waals surface area (Å²) in [5.74, 6) is 5.08. The molecule has 0 spiro atoms. The summed E-state index contributed by atoms with van der Waals surface area (Å²) >= 11 is 0. The minimum Gasteiger partial charge on any atom is -0.355 e. The zero-order valence-corrected chi connectivity index (χ0v) is 30.8. The van der Waals surface area contributed by atoms with E-state index in [-0.39, 0.29) is 67.7 Å². The number of methoxy groups -OCH3 is 1. The van der Waals surface area contributed by atoms with Crippen molar-refractivity contribution in [3.05, 3.63) is 0 Å². The van der Waals surface area contributed by atoms with E-state index in [0.29, 0.717) is 71.7 Å². The molecule has 0 aromatic rings. The molecule has 0 aromatic carbocycles. The van der Waals surface area contributed by atoms with E-state index in [1.54, 1.807) is 7.11 Å². The second kappa shape index (κ2) is 14.1. The van der Waals surface area contributed by atoms with Gasteiger partial charge in [-0.15, -0.1) is 0 Å². The van der Waals surface area contributed by atoms with Crippen molar-refractivity contribution >= 4 is 0 Å². The lowest BCUT2D eigenvalue weighted by Gasteiger charge is -2.59. The van der Waals surface area contributed by atoms with Gasteiger partial charge in [-0.1, -0.05) is 54.9 Å². The fraction of sp³-hybridized carbons (Fsp3) is 1.00. The van der Waals surface area contributed by atoms with Crippen LogP contribution in [-0.4, -0.2) is 75.5 Å².